The van der Waals surface area contributed by atoms with Crippen molar-refractivity contribution in [2.45, 2.75) is 5.41 Å². The average Bonchev–Trinajstić information content (AvgIpc) is 2.72. The van der Waals surface area contributed by atoms with Crippen LogP contribution in [0.4, 0.5) is 0 Å². The first-order valence-electron chi connectivity index (χ1n) is 9.65. The van der Waals surface area contributed by atoms with Crippen LogP contribution in [0.1, 0.15) is 22.3 Å². The second-order valence-corrected chi connectivity index (χ2v) is 8.77. The third kappa shape index (κ3) is 1.52. The molecule has 130 valence electrons. The third-order valence-electron chi connectivity index (χ3n) is 6.72. The molecule has 5 aromatic rings. The smallest absolute Gasteiger partial charge is 0.0613 e. The Bertz CT molecular complexity index is 1410. The molecule has 0 saturated carbocycles. The average molecular weight is 419 g/mol. The lowest BCUT2D eigenvalue weighted by Crippen LogP contribution is -2.43. The van der Waals surface area contributed by atoms with E-state index in [4.69, 9.17) is 0 Å². The largest absolute Gasteiger partial charge is 0.0725 e. The molecule has 7 rings (SSSR count). The Morgan fingerprint density at radius 3 is 1.86 bits per heavy atom. The van der Waals surface area contributed by atoms with Crippen LogP contribution in [0.15, 0.2) is 95.5 Å². The van der Waals surface area contributed by atoms with E-state index in [0.717, 1.165) is 4.47 Å². The molecular weight excluding hydrogens is 404 g/mol. The molecule has 0 unspecified atom stereocenters. The van der Waals surface area contributed by atoms with Crippen molar-refractivity contribution in [3.63, 3.8) is 0 Å². The summed E-state index contributed by atoms with van der Waals surface area (Å²) >= 11 is 3.55. The zero-order valence-electron chi connectivity index (χ0n) is 15.0. The predicted octanol–water partition coefficient (Wildman–Crippen LogP) is 7.43. The van der Waals surface area contributed by atoms with Crippen molar-refractivity contribution in [3.05, 3.63) is 118 Å². The molecule has 0 aromatic heterocycles. The lowest BCUT2D eigenvalue weighted by molar-refractivity contribution is 0.701. The minimum atomic E-state index is -0.0246. The molecule has 0 fully saturated rings. The topological polar surface area (TPSA) is 0 Å². The van der Waals surface area contributed by atoms with E-state index < -0.39 is 0 Å². The highest BCUT2D eigenvalue weighted by atomic mass is 79.9. The number of benzene rings is 5. The van der Waals surface area contributed by atoms with Crippen molar-refractivity contribution < 1.29 is 0 Å². The molecule has 0 radical (unpaired) electrons. The first kappa shape index (κ1) is 15.1. The van der Waals surface area contributed by atoms with Crippen LogP contribution in [-0.2, 0) is 5.41 Å². The molecular formula is C27H15Br. The Kier molecular flexibility index (Phi) is 2.65. The van der Waals surface area contributed by atoms with E-state index in [2.05, 4.69) is 107 Å². The maximum atomic E-state index is 3.55. The zero-order chi connectivity index (χ0) is 18.5. The maximum Gasteiger partial charge on any atom is 0.0725 e. The van der Waals surface area contributed by atoms with Gasteiger partial charge in [0.05, 0.1) is 5.41 Å². The van der Waals surface area contributed by atoms with Gasteiger partial charge in [0.25, 0.3) is 0 Å². The van der Waals surface area contributed by atoms with Crippen molar-refractivity contribution in [1.29, 1.82) is 0 Å². The molecule has 1 heteroatoms. The van der Waals surface area contributed by atoms with Gasteiger partial charge >= 0.3 is 0 Å². The van der Waals surface area contributed by atoms with Gasteiger partial charge in [0, 0.05) is 4.47 Å². The van der Waals surface area contributed by atoms with E-state index in [9.17, 15) is 0 Å². The van der Waals surface area contributed by atoms with Gasteiger partial charge in [0.15, 0.2) is 0 Å². The summed E-state index contributed by atoms with van der Waals surface area (Å²) in [5, 5.41) is 5.60. The SMILES string of the molecule is Brc1ccc(-c2ccc3c4c(cccc24)C32c3cccc4cccc2c34)cc1. The monoisotopic (exact) mass is 418 g/mol. The molecule has 2 aliphatic rings. The van der Waals surface area contributed by atoms with E-state index in [1.807, 2.05) is 0 Å². The molecule has 0 saturated heterocycles. The van der Waals surface area contributed by atoms with Crippen LogP contribution in [0.2, 0.25) is 0 Å². The van der Waals surface area contributed by atoms with Crippen LogP contribution in [0.3, 0.4) is 0 Å². The van der Waals surface area contributed by atoms with Gasteiger partial charge in [-0.05, 0) is 67.1 Å². The second kappa shape index (κ2) is 4.92. The van der Waals surface area contributed by atoms with Crippen molar-refractivity contribution in [2.24, 2.45) is 0 Å². The van der Waals surface area contributed by atoms with Crippen molar-refractivity contribution in [1.82, 2.24) is 0 Å². The van der Waals surface area contributed by atoms with Crippen molar-refractivity contribution >= 4 is 37.5 Å². The number of halogens is 1. The van der Waals surface area contributed by atoms with Gasteiger partial charge in [-0.1, -0.05) is 94.8 Å². The minimum Gasteiger partial charge on any atom is -0.0613 e. The summed E-state index contributed by atoms with van der Waals surface area (Å²) in [5.41, 5.74) is 8.42. The summed E-state index contributed by atoms with van der Waals surface area (Å²) < 4.78 is 1.11. The quantitative estimate of drug-likeness (QED) is 0.260. The number of fused-ring (bicyclic) bond motifs is 4. The Morgan fingerprint density at radius 2 is 1.14 bits per heavy atom. The van der Waals surface area contributed by atoms with Gasteiger partial charge in [0.1, 0.15) is 0 Å². The highest BCUT2D eigenvalue weighted by Crippen LogP contribution is 2.65. The zero-order valence-corrected chi connectivity index (χ0v) is 16.6. The van der Waals surface area contributed by atoms with Gasteiger partial charge < -0.3 is 0 Å². The molecule has 0 aliphatic heterocycles. The molecule has 0 N–H and O–H groups in total. The van der Waals surface area contributed by atoms with Gasteiger partial charge in [-0.25, -0.2) is 0 Å². The predicted molar refractivity (Wildman–Crippen MR) is 120 cm³/mol. The molecule has 1 spiro atoms. The summed E-state index contributed by atoms with van der Waals surface area (Å²) in [6, 6.07) is 33.6. The third-order valence-corrected chi connectivity index (χ3v) is 7.25. The fourth-order valence-corrected chi connectivity index (χ4v) is 5.89. The molecule has 0 amide bonds. The summed E-state index contributed by atoms with van der Waals surface area (Å²) in [6.45, 7) is 0. The summed E-state index contributed by atoms with van der Waals surface area (Å²) in [5.74, 6) is 0. The molecule has 2 aliphatic carbocycles. The second-order valence-electron chi connectivity index (χ2n) is 7.85. The molecule has 5 aromatic carbocycles. The standard InChI is InChI=1S/C27H15Br/c28-18-12-10-16(11-13-18)19-14-15-24-26-20(19)6-3-9-23(26)27(24)21-7-1-4-17-5-2-8-22(27)25(17)21/h1-15H. The van der Waals surface area contributed by atoms with Crippen LogP contribution < -0.4 is 0 Å². The van der Waals surface area contributed by atoms with E-state index >= 15 is 0 Å². The number of hydrogen-bond donors (Lipinski definition) is 0. The van der Waals surface area contributed by atoms with Crippen LogP contribution in [0.25, 0.3) is 32.7 Å². The minimum absolute atomic E-state index is 0.0246. The normalized spacial score (nSPS) is 14.9. The van der Waals surface area contributed by atoms with Gasteiger partial charge in [0.2, 0.25) is 0 Å². The van der Waals surface area contributed by atoms with Crippen LogP contribution >= 0.6 is 15.9 Å². The maximum absolute atomic E-state index is 3.55. The fraction of sp³-hybridized carbons (Fsp3) is 0.0370. The van der Waals surface area contributed by atoms with E-state index in [-0.39, 0.29) is 5.41 Å². The number of rotatable bonds is 1. The molecule has 0 atom stereocenters. The van der Waals surface area contributed by atoms with Crippen LogP contribution in [-0.4, -0.2) is 0 Å². The first-order valence-corrected chi connectivity index (χ1v) is 10.4. The molecule has 0 heterocycles. The highest BCUT2D eigenvalue weighted by Gasteiger charge is 2.54. The first-order chi connectivity index (χ1) is 13.8. The lowest BCUT2D eigenvalue weighted by Gasteiger charge is -2.52. The molecule has 0 nitrogen and oxygen atoms in total. The van der Waals surface area contributed by atoms with Crippen molar-refractivity contribution in [2.75, 3.05) is 0 Å². The van der Waals surface area contributed by atoms with Gasteiger partial charge in [-0.2, -0.15) is 0 Å². The van der Waals surface area contributed by atoms with Crippen LogP contribution in [0.5, 0.6) is 0 Å². The van der Waals surface area contributed by atoms with Gasteiger partial charge in [-0.15, -0.1) is 0 Å². The number of hydrogen-bond acceptors (Lipinski definition) is 0. The summed E-state index contributed by atoms with van der Waals surface area (Å²) in [7, 11) is 0. The van der Waals surface area contributed by atoms with Crippen LogP contribution in [0, 0.1) is 0 Å². The van der Waals surface area contributed by atoms with Crippen molar-refractivity contribution in [3.8, 4) is 11.1 Å². The Morgan fingerprint density at radius 1 is 0.536 bits per heavy atom. The molecule has 28 heavy (non-hydrogen) atoms. The van der Waals surface area contributed by atoms with E-state index in [0.29, 0.717) is 0 Å². The highest BCUT2D eigenvalue weighted by molar-refractivity contribution is 9.10. The lowest BCUT2D eigenvalue weighted by atomic mass is 9.49. The summed E-state index contributed by atoms with van der Waals surface area (Å²) in [4.78, 5) is 0. The Balaban J connectivity index is 1.53. The fourth-order valence-electron chi connectivity index (χ4n) is 5.62. The van der Waals surface area contributed by atoms with Gasteiger partial charge in [-0.3, -0.25) is 0 Å². The van der Waals surface area contributed by atoms with E-state index in [1.54, 1.807) is 0 Å². The Labute approximate surface area is 171 Å². The summed E-state index contributed by atoms with van der Waals surface area (Å²) in [6.07, 6.45) is 0. The Hall–Kier alpha value is -2.90. The van der Waals surface area contributed by atoms with E-state index in [1.165, 1.54) is 54.9 Å². The molecule has 0 bridgehead atoms.